The molecule has 178 valence electrons. The van der Waals surface area contributed by atoms with Gasteiger partial charge in [0.1, 0.15) is 23.9 Å². The molecule has 0 amide bonds. The van der Waals surface area contributed by atoms with Crippen molar-refractivity contribution >= 4 is 11.6 Å². The number of rotatable bonds is 6. The first-order valence-electron chi connectivity index (χ1n) is 11.3. The molecular formula is C26H25FN6O2. The summed E-state index contributed by atoms with van der Waals surface area (Å²) in [5, 5.41) is 23.1. The Morgan fingerprint density at radius 1 is 1.29 bits per heavy atom. The van der Waals surface area contributed by atoms with E-state index in [1.807, 2.05) is 39.2 Å². The van der Waals surface area contributed by atoms with Crippen LogP contribution in [0.2, 0.25) is 0 Å². The van der Waals surface area contributed by atoms with Gasteiger partial charge in [0.05, 0.1) is 12.8 Å². The Morgan fingerprint density at radius 2 is 2.11 bits per heavy atom. The topological polar surface area (TPSA) is 98.7 Å². The van der Waals surface area contributed by atoms with Crippen LogP contribution in [0.25, 0.3) is 16.8 Å². The van der Waals surface area contributed by atoms with E-state index >= 15 is 0 Å². The van der Waals surface area contributed by atoms with E-state index in [1.54, 1.807) is 27.8 Å². The van der Waals surface area contributed by atoms with E-state index in [2.05, 4.69) is 21.4 Å². The summed E-state index contributed by atoms with van der Waals surface area (Å²) in [4.78, 5) is 10.8. The van der Waals surface area contributed by atoms with E-state index in [4.69, 9.17) is 4.74 Å². The number of aliphatic hydroxyl groups excluding tert-OH is 1. The number of halogens is 1. The minimum absolute atomic E-state index is 0.218. The standard InChI is InChI=1S/C26H25FN6O2/c1-15-10-16(25(34)32(2)3)4-5-18(15)21-13-30-26(33-14-17(11-28)31-24(21)33)29-12-20-19-8-9-35-23(19)7-6-22(20)27/h4-7,10,13-14,25,34H,8-9,12H2,1-3H3,(H,29,30). The van der Waals surface area contributed by atoms with Crippen LogP contribution in [0.15, 0.2) is 42.7 Å². The summed E-state index contributed by atoms with van der Waals surface area (Å²) in [7, 11) is 3.62. The van der Waals surface area contributed by atoms with E-state index in [0.29, 0.717) is 35.9 Å². The van der Waals surface area contributed by atoms with Gasteiger partial charge in [-0.2, -0.15) is 5.26 Å². The summed E-state index contributed by atoms with van der Waals surface area (Å²) in [6.45, 7) is 2.72. The van der Waals surface area contributed by atoms with Gasteiger partial charge in [0.25, 0.3) is 0 Å². The number of fused-ring (bicyclic) bond motifs is 2. The van der Waals surface area contributed by atoms with Gasteiger partial charge >= 0.3 is 0 Å². The van der Waals surface area contributed by atoms with Crippen molar-refractivity contribution in [1.82, 2.24) is 19.3 Å². The van der Waals surface area contributed by atoms with Crippen LogP contribution in [0.5, 0.6) is 5.75 Å². The number of ether oxygens (including phenoxy) is 1. The van der Waals surface area contributed by atoms with Crippen LogP contribution >= 0.6 is 0 Å². The lowest BCUT2D eigenvalue weighted by Gasteiger charge is -2.20. The second kappa shape index (κ2) is 8.98. The number of aryl methyl sites for hydroxylation is 1. The maximum Gasteiger partial charge on any atom is 0.208 e. The molecule has 0 radical (unpaired) electrons. The van der Waals surface area contributed by atoms with Gasteiger partial charge in [0.2, 0.25) is 5.95 Å². The highest BCUT2D eigenvalue weighted by atomic mass is 19.1. The Hall–Kier alpha value is -4.00. The average molecular weight is 473 g/mol. The molecule has 0 aliphatic carbocycles. The molecule has 1 atom stereocenters. The molecule has 9 heteroatoms. The monoisotopic (exact) mass is 472 g/mol. The van der Waals surface area contributed by atoms with E-state index in [9.17, 15) is 14.8 Å². The van der Waals surface area contributed by atoms with Crippen LogP contribution in [0, 0.1) is 24.1 Å². The Bertz CT molecular complexity index is 1470. The summed E-state index contributed by atoms with van der Waals surface area (Å²) in [6.07, 6.45) is 3.26. The highest BCUT2D eigenvalue weighted by Crippen LogP contribution is 2.32. The molecule has 5 rings (SSSR count). The fourth-order valence-electron chi connectivity index (χ4n) is 4.47. The normalized spacial score (nSPS) is 13.5. The van der Waals surface area contributed by atoms with Crippen molar-refractivity contribution in [2.75, 3.05) is 26.0 Å². The van der Waals surface area contributed by atoms with Crippen LogP contribution in [0.1, 0.15) is 34.2 Å². The van der Waals surface area contributed by atoms with Gasteiger partial charge in [0.15, 0.2) is 11.3 Å². The number of nitriles is 1. The first kappa shape index (κ1) is 22.8. The lowest BCUT2D eigenvalue weighted by atomic mass is 9.99. The smallest absolute Gasteiger partial charge is 0.208 e. The van der Waals surface area contributed by atoms with Crippen LogP contribution in [-0.4, -0.2) is 45.1 Å². The highest BCUT2D eigenvalue weighted by molar-refractivity contribution is 5.80. The van der Waals surface area contributed by atoms with Crippen molar-refractivity contribution in [1.29, 1.82) is 5.26 Å². The average Bonchev–Trinajstić information content (AvgIpc) is 3.50. The number of nitrogens with one attached hydrogen (secondary N) is 1. The third kappa shape index (κ3) is 4.07. The molecule has 1 unspecified atom stereocenters. The molecule has 0 fully saturated rings. The van der Waals surface area contributed by atoms with Crippen LogP contribution in [-0.2, 0) is 13.0 Å². The van der Waals surface area contributed by atoms with E-state index in [1.165, 1.54) is 6.07 Å². The van der Waals surface area contributed by atoms with Crippen molar-refractivity contribution in [3.05, 3.63) is 76.5 Å². The summed E-state index contributed by atoms with van der Waals surface area (Å²) in [5.41, 5.74) is 5.58. The molecule has 1 aliphatic rings. The van der Waals surface area contributed by atoms with Gasteiger partial charge < -0.3 is 15.2 Å². The lowest BCUT2D eigenvalue weighted by Crippen LogP contribution is -2.19. The van der Waals surface area contributed by atoms with Gasteiger partial charge in [-0.3, -0.25) is 9.30 Å². The molecule has 3 heterocycles. The molecule has 2 aromatic carbocycles. The molecular weight excluding hydrogens is 447 g/mol. The number of hydrogen-bond acceptors (Lipinski definition) is 7. The number of hydrogen-bond donors (Lipinski definition) is 2. The minimum atomic E-state index is -0.714. The number of aliphatic hydroxyl groups is 1. The fraction of sp³-hybridized carbons (Fsp3) is 0.269. The zero-order chi connectivity index (χ0) is 24.7. The second-order valence-electron chi connectivity index (χ2n) is 8.79. The van der Waals surface area contributed by atoms with Gasteiger partial charge in [-0.05, 0) is 49.8 Å². The number of nitrogens with zero attached hydrogens (tertiary/aromatic N) is 5. The third-order valence-corrected chi connectivity index (χ3v) is 6.30. The predicted octanol–water partition coefficient (Wildman–Crippen LogP) is 3.82. The maximum absolute atomic E-state index is 14.6. The van der Waals surface area contributed by atoms with Gasteiger partial charge in [0, 0.05) is 35.9 Å². The summed E-state index contributed by atoms with van der Waals surface area (Å²) in [6, 6.07) is 10.9. The summed E-state index contributed by atoms with van der Waals surface area (Å²) in [5.74, 6) is 0.865. The molecule has 0 bridgehead atoms. The molecule has 35 heavy (non-hydrogen) atoms. The maximum atomic E-state index is 14.6. The molecule has 0 saturated carbocycles. The van der Waals surface area contributed by atoms with Gasteiger partial charge in [-0.25, -0.2) is 14.4 Å². The molecule has 0 spiro atoms. The Balaban J connectivity index is 1.52. The first-order valence-corrected chi connectivity index (χ1v) is 11.3. The predicted molar refractivity (Wildman–Crippen MR) is 129 cm³/mol. The van der Waals surface area contributed by atoms with Gasteiger partial charge in [-0.15, -0.1) is 0 Å². The quantitative estimate of drug-likeness (QED) is 0.412. The molecule has 8 nitrogen and oxygen atoms in total. The van der Waals surface area contributed by atoms with Crippen LogP contribution in [0.3, 0.4) is 0 Å². The summed E-state index contributed by atoms with van der Waals surface area (Å²) < 4.78 is 21.9. The molecule has 0 saturated heterocycles. The number of benzene rings is 2. The molecule has 2 N–H and O–H groups in total. The van der Waals surface area contributed by atoms with Gasteiger partial charge in [-0.1, -0.05) is 18.2 Å². The number of imidazole rings is 1. The third-order valence-electron chi connectivity index (χ3n) is 6.30. The SMILES string of the molecule is Cc1cc(C(O)N(C)C)ccc1-c1cnc(NCc2c(F)ccc3c2CCO3)n2cc(C#N)nc12. The zero-order valence-electron chi connectivity index (χ0n) is 19.7. The molecule has 1 aliphatic heterocycles. The lowest BCUT2D eigenvalue weighted by molar-refractivity contribution is 0.0395. The first-order chi connectivity index (χ1) is 16.9. The van der Waals surface area contributed by atoms with Crippen molar-refractivity contribution in [3.63, 3.8) is 0 Å². The number of anilines is 1. The Kier molecular flexibility index (Phi) is 5.84. The van der Waals surface area contributed by atoms with Crippen molar-refractivity contribution in [3.8, 4) is 22.9 Å². The fourth-order valence-corrected chi connectivity index (χ4v) is 4.47. The van der Waals surface area contributed by atoms with E-state index in [-0.39, 0.29) is 18.1 Å². The minimum Gasteiger partial charge on any atom is -0.493 e. The number of aromatic nitrogens is 3. The second-order valence-corrected chi connectivity index (χ2v) is 8.79. The van der Waals surface area contributed by atoms with E-state index < -0.39 is 6.23 Å². The Labute approximate surface area is 202 Å². The largest absolute Gasteiger partial charge is 0.493 e. The van der Waals surface area contributed by atoms with Crippen molar-refractivity contribution in [2.45, 2.75) is 26.1 Å². The molecule has 4 aromatic rings. The van der Waals surface area contributed by atoms with Crippen LogP contribution < -0.4 is 10.1 Å². The van der Waals surface area contributed by atoms with Crippen molar-refractivity contribution < 1.29 is 14.2 Å². The molecule has 2 aromatic heterocycles. The van der Waals surface area contributed by atoms with Crippen molar-refractivity contribution in [2.24, 2.45) is 0 Å². The zero-order valence-corrected chi connectivity index (χ0v) is 19.7. The van der Waals surface area contributed by atoms with Crippen LogP contribution in [0.4, 0.5) is 10.3 Å². The van der Waals surface area contributed by atoms with E-state index in [0.717, 1.165) is 27.8 Å². The highest BCUT2D eigenvalue weighted by Gasteiger charge is 2.21. The summed E-state index contributed by atoms with van der Waals surface area (Å²) >= 11 is 0. The Morgan fingerprint density at radius 3 is 2.86 bits per heavy atom.